The second kappa shape index (κ2) is 9.78. The molecule has 0 aliphatic carbocycles. The average Bonchev–Trinajstić information content (AvgIpc) is 2.72. The van der Waals surface area contributed by atoms with Crippen molar-refractivity contribution in [3.8, 4) is 11.5 Å². The summed E-state index contributed by atoms with van der Waals surface area (Å²) in [5, 5.41) is 3.44. The number of methoxy groups -OCH3 is 1. The monoisotopic (exact) mass is 491 g/mol. The summed E-state index contributed by atoms with van der Waals surface area (Å²) >= 11 is 2.25. The summed E-state index contributed by atoms with van der Waals surface area (Å²) in [6.07, 6.45) is 1.04. The molecule has 0 spiro atoms. The van der Waals surface area contributed by atoms with Crippen LogP contribution in [0.5, 0.6) is 11.5 Å². The van der Waals surface area contributed by atoms with Crippen LogP contribution in [0.4, 0.5) is 10.1 Å². The summed E-state index contributed by atoms with van der Waals surface area (Å²) in [4.78, 5) is 0. The van der Waals surface area contributed by atoms with E-state index in [9.17, 15) is 4.39 Å². The number of anilines is 1. The summed E-state index contributed by atoms with van der Waals surface area (Å²) in [6, 6.07) is 18.8. The van der Waals surface area contributed by atoms with Crippen LogP contribution in [-0.4, -0.2) is 7.11 Å². The fourth-order valence-corrected chi connectivity index (χ4v) is 3.64. The van der Waals surface area contributed by atoms with Crippen molar-refractivity contribution in [3.63, 3.8) is 0 Å². The average molecular weight is 491 g/mol. The maximum atomic E-state index is 13.0. The standard InChI is InChI=1S/C23H23FINO2/c1-3-16-6-10-20(11-7-16)26-14-18-12-21(25)23(22(13-18)27-2)28-15-17-4-8-19(24)9-5-17/h4-13,26H,3,14-15H2,1-2H3. The number of halogens is 2. The van der Waals surface area contributed by atoms with Gasteiger partial charge in [-0.25, -0.2) is 4.39 Å². The molecule has 0 radical (unpaired) electrons. The highest BCUT2D eigenvalue weighted by Crippen LogP contribution is 2.34. The first-order valence-corrected chi connectivity index (χ1v) is 10.2. The smallest absolute Gasteiger partial charge is 0.174 e. The summed E-state index contributed by atoms with van der Waals surface area (Å²) < 4.78 is 25.5. The van der Waals surface area contributed by atoms with Gasteiger partial charge in [0.25, 0.3) is 0 Å². The van der Waals surface area contributed by atoms with Gasteiger partial charge in [0, 0.05) is 12.2 Å². The maximum absolute atomic E-state index is 13.0. The Labute approximate surface area is 179 Å². The highest BCUT2D eigenvalue weighted by atomic mass is 127. The molecule has 0 aromatic heterocycles. The molecule has 0 saturated carbocycles. The van der Waals surface area contributed by atoms with E-state index < -0.39 is 0 Å². The lowest BCUT2D eigenvalue weighted by molar-refractivity contribution is 0.282. The van der Waals surface area contributed by atoms with Crippen LogP contribution in [0.1, 0.15) is 23.6 Å². The van der Waals surface area contributed by atoms with Crippen LogP contribution >= 0.6 is 22.6 Å². The molecule has 3 rings (SSSR count). The fourth-order valence-electron chi connectivity index (χ4n) is 2.81. The van der Waals surface area contributed by atoms with Crippen molar-refractivity contribution >= 4 is 28.3 Å². The normalized spacial score (nSPS) is 10.6. The van der Waals surface area contributed by atoms with E-state index in [0.717, 1.165) is 26.8 Å². The van der Waals surface area contributed by atoms with Crippen LogP contribution in [0.15, 0.2) is 60.7 Å². The maximum Gasteiger partial charge on any atom is 0.174 e. The van der Waals surface area contributed by atoms with Crippen molar-refractivity contribution in [3.05, 3.63) is 86.7 Å². The van der Waals surface area contributed by atoms with Gasteiger partial charge in [-0.2, -0.15) is 0 Å². The van der Waals surface area contributed by atoms with E-state index in [1.165, 1.54) is 17.7 Å². The van der Waals surface area contributed by atoms with Gasteiger partial charge in [0.05, 0.1) is 10.7 Å². The number of aryl methyl sites for hydroxylation is 1. The first-order valence-electron chi connectivity index (χ1n) is 9.15. The fraction of sp³-hybridized carbons (Fsp3) is 0.217. The Morgan fingerprint density at radius 3 is 2.25 bits per heavy atom. The molecular formula is C23H23FINO2. The molecule has 3 nitrogen and oxygen atoms in total. The third kappa shape index (κ3) is 5.38. The minimum atomic E-state index is -0.253. The van der Waals surface area contributed by atoms with E-state index >= 15 is 0 Å². The molecule has 146 valence electrons. The quantitative estimate of drug-likeness (QED) is 0.381. The minimum Gasteiger partial charge on any atom is -0.493 e. The first kappa shape index (κ1) is 20.5. The number of nitrogens with one attached hydrogen (secondary N) is 1. The van der Waals surface area contributed by atoms with Crippen LogP contribution in [0.3, 0.4) is 0 Å². The van der Waals surface area contributed by atoms with Gasteiger partial charge in [-0.3, -0.25) is 0 Å². The second-order valence-electron chi connectivity index (χ2n) is 6.43. The summed E-state index contributed by atoms with van der Waals surface area (Å²) in [5.74, 6) is 1.13. The van der Waals surface area contributed by atoms with Gasteiger partial charge in [-0.05, 0) is 82.1 Å². The van der Waals surface area contributed by atoms with E-state index in [4.69, 9.17) is 9.47 Å². The van der Waals surface area contributed by atoms with Gasteiger partial charge in [0.2, 0.25) is 0 Å². The SMILES string of the molecule is CCc1ccc(NCc2cc(I)c(OCc3ccc(F)cc3)c(OC)c2)cc1. The Balaban J connectivity index is 1.68. The van der Waals surface area contributed by atoms with Crippen LogP contribution in [0.25, 0.3) is 0 Å². The molecule has 3 aromatic rings. The molecule has 0 fully saturated rings. The van der Waals surface area contributed by atoms with E-state index in [1.54, 1.807) is 19.2 Å². The first-order chi connectivity index (χ1) is 13.6. The third-order valence-corrected chi connectivity index (χ3v) is 5.25. The van der Waals surface area contributed by atoms with Crippen LogP contribution in [-0.2, 0) is 19.6 Å². The summed E-state index contributed by atoms with van der Waals surface area (Å²) in [5.41, 5.74) is 4.42. The molecule has 0 aliphatic heterocycles. The number of benzene rings is 3. The number of ether oxygens (including phenoxy) is 2. The van der Waals surface area contributed by atoms with E-state index in [2.05, 4.69) is 65.2 Å². The molecule has 0 saturated heterocycles. The third-order valence-electron chi connectivity index (χ3n) is 4.44. The lowest BCUT2D eigenvalue weighted by Gasteiger charge is -2.15. The molecule has 0 amide bonds. The van der Waals surface area contributed by atoms with Gasteiger partial charge in [-0.1, -0.05) is 31.2 Å². The molecule has 3 aromatic carbocycles. The van der Waals surface area contributed by atoms with Crippen molar-refractivity contribution < 1.29 is 13.9 Å². The van der Waals surface area contributed by atoms with E-state index in [1.807, 2.05) is 6.07 Å². The topological polar surface area (TPSA) is 30.5 Å². The van der Waals surface area contributed by atoms with Gasteiger partial charge in [0.15, 0.2) is 11.5 Å². The zero-order valence-corrected chi connectivity index (χ0v) is 18.1. The molecule has 0 aliphatic rings. The molecule has 5 heteroatoms. The molecule has 0 heterocycles. The Kier molecular flexibility index (Phi) is 7.14. The van der Waals surface area contributed by atoms with Crippen LogP contribution in [0, 0.1) is 9.39 Å². The lowest BCUT2D eigenvalue weighted by Crippen LogP contribution is -2.04. The molecule has 0 unspecified atom stereocenters. The van der Waals surface area contributed by atoms with Gasteiger partial charge < -0.3 is 14.8 Å². The Bertz CT molecular complexity index is 911. The van der Waals surface area contributed by atoms with E-state index in [0.29, 0.717) is 24.7 Å². The van der Waals surface area contributed by atoms with Crippen molar-refractivity contribution in [1.29, 1.82) is 0 Å². The van der Waals surface area contributed by atoms with Gasteiger partial charge in [-0.15, -0.1) is 0 Å². The Hall–Kier alpha value is -2.28. The molecule has 0 atom stereocenters. The van der Waals surface area contributed by atoms with Crippen molar-refractivity contribution in [2.75, 3.05) is 12.4 Å². The number of hydrogen-bond donors (Lipinski definition) is 1. The van der Waals surface area contributed by atoms with Crippen LogP contribution < -0.4 is 14.8 Å². The Morgan fingerprint density at radius 1 is 0.929 bits per heavy atom. The summed E-state index contributed by atoms with van der Waals surface area (Å²) in [6.45, 7) is 3.19. The number of rotatable bonds is 8. The lowest BCUT2D eigenvalue weighted by atomic mass is 10.1. The summed E-state index contributed by atoms with van der Waals surface area (Å²) in [7, 11) is 1.64. The molecule has 1 N–H and O–H groups in total. The van der Waals surface area contributed by atoms with E-state index in [-0.39, 0.29) is 5.82 Å². The zero-order valence-electron chi connectivity index (χ0n) is 16.0. The molecular weight excluding hydrogens is 468 g/mol. The van der Waals surface area contributed by atoms with Gasteiger partial charge >= 0.3 is 0 Å². The highest BCUT2D eigenvalue weighted by molar-refractivity contribution is 14.1. The second-order valence-corrected chi connectivity index (χ2v) is 7.59. The van der Waals surface area contributed by atoms with Crippen molar-refractivity contribution in [1.82, 2.24) is 0 Å². The molecule has 28 heavy (non-hydrogen) atoms. The predicted molar refractivity (Wildman–Crippen MR) is 120 cm³/mol. The minimum absolute atomic E-state index is 0.253. The molecule has 0 bridgehead atoms. The zero-order chi connectivity index (χ0) is 19.9. The number of hydrogen-bond acceptors (Lipinski definition) is 3. The van der Waals surface area contributed by atoms with Crippen molar-refractivity contribution in [2.24, 2.45) is 0 Å². The largest absolute Gasteiger partial charge is 0.493 e. The van der Waals surface area contributed by atoms with Gasteiger partial charge in [0.1, 0.15) is 12.4 Å². The van der Waals surface area contributed by atoms with Crippen molar-refractivity contribution in [2.45, 2.75) is 26.5 Å². The highest BCUT2D eigenvalue weighted by Gasteiger charge is 2.12. The predicted octanol–water partition coefficient (Wildman–Crippen LogP) is 6.19. The Morgan fingerprint density at radius 2 is 1.61 bits per heavy atom. The van der Waals surface area contributed by atoms with Crippen LogP contribution in [0.2, 0.25) is 0 Å².